The normalized spacial score (nSPS) is 14.2. The Morgan fingerprint density at radius 2 is 1.87 bits per heavy atom. The van der Waals surface area contributed by atoms with E-state index in [1.165, 1.54) is 0 Å². The van der Waals surface area contributed by atoms with E-state index in [9.17, 15) is 0 Å². The maximum atomic E-state index is 6.11. The third kappa shape index (κ3) is 3.69. The maximum Gasteiger partial charge on any atom is 0.247 e. The Hall–Kier alpha value is -3.52. The van der Waals surface area contributed by atoms with Gasteiger partial charge in [0.15, 0.2) is 11.2 Å². The minimum absolute atomic E-state index is 0.413. The minimum atomic E-state index is 0.413. The van der Waals surface area contributed by atoms with Crippen LogP contribution in [0, 0.1) is 6.92 Å². The van der Waals surface area contributed by atoms with Gasteiger partial charge in [-0.1, -0.05) is 30.3 Å². The zero-order chi connectivity index (χ0) is 20.3. The number of morpholine rings is 1. The largest absolute Gasteiger partial charge is 0.471 e. The third-order valence-electron chi connectivity index (χ3n) is 5.02. The number of benzene rings is 1. The van der Waals surface area contributed by atoms with E-state index in [1.54, 1.807) is 12.5 Å². The number of rotatable bonds is 5. The highest BCUT2D eigenvalue weighted by Crippen LogP contribution is 2.27. The second-order valence-corrected chi connectivity index (χ2v) is 7.14. The second kappa shape index (κ2) is 8.08. The third-order valence-corrected chi connectivity index (χ3v) is 5.02. The molecule has 1 fully saturated rings. The summed E-state index contributed by atoms with van der Waals surface area (Å²) in [6.45, 7) is 5.18. The zero-order valence-corrected chi connectivity index (χ0v) is 16.7. The lowest BCUT2D eigenvalue weighted by Crippen LogP contribution is -2.37. The first-order valence-electron chi connectivity index (χ1n) is 9.95. The van der Waals surface area contributed by atoms with Crippen molar-refractivity contribution in [1.82, 2.24) is 24.5 Å². The van der Waals surface area contributed by atoms with Gasteiger partial charge in [-0.15, -0.1) is 0 Å². The molecule has 0 radical (unpaired) electrons. The molecule has 0 atom stereocenters. The van der Waals surface area contributed by atoms with Crippen LogP contribution in [0.4, 0.5) is 5.95 Å². The highest BCUT2D eigenvalue weighted by molar-refractivity contribution is 5.79. The Morgan fingerprint density at radius 3 is 2.67 bits per heavy atom. The summed E-state index contributed by atoms with van der Waals surface area (Å²) in [7, 11) is 0. The Kier molecular flexibility index (Phi) is 4.98. The van der Waals surface area contributed by atoms with Gasteiger partial charge in [-0.05, 0) is 24.6 Å². The van der Waals surface area contributed by atoms with Crippen LogP contribution in [0.3, 0.4) is 0 Å². The van der Waals surface area contributed by atoms with E-state index in [0.717, 1.165) is 30.0 Å². The maximum absolute atomic E-state index is 6.11. The van der Waals surface area contributed by atoms with Gasteiger partial charge in [0.05, 0.1) is 18.9 Å². The molecule has 0 N–H and O–H groups in total. The van der Waals surface area contributed by atoms with Crippen LogP contribution >= 0.6 is 0 Å². The molecule has 0 saturated carbocycles. The Balaban J connectivity index is 1.58. The molecular weight excluding hydrogens is 380 g/mol. The Morgan fingerprint density at radius 1 is 1.03 bits per heavy atom. The number of aromatic nitrogens is 5. The Labute approximate surface area is 174 Å². The number of anilines is 1. The standard InChI is InChI=1S/C22H22N6O2/c1-16-13-18(7-8-23-16)28-15-24-19-20(28)25-22(27-9-11-29-12-10-27)26-21(19)30-14-17-5-3-2-4-6-17/h2-8,13,15H,9-12,14H2,1H3. The van der Waals surface area contributed by atoms with E-state index in [0.29, 0.717) is 42.8 Å². The van der Waals surface area contributed by atoms with Crippen LogP contribution in [-0.2, 0) is 11.3 Å². The van der Waals surface area contributed by atoms with Crippen molar-refractivity contribution in [1.29, 1.82) is 0 Å². The quantitative estimate of drug-likeness (QED) is 0.508. The number of imidazole rings is 1. The number of fused-ring (bicyclic) bond motifs is 1. The average Bonchev–Trinajstić information content (AvgIpc) is 3.23. The average molecular weight is 402 g/mol. The van der Waals surface area contributed by atoms with Crippen LogP contribution in [0.2, 0.25) is 0 Å². The monoisotopic (exact) mass is 402 g/mol. The van der Waals surface area contributed by atoms with Crippen molar-refractivity contribution in [2.45, 2.75) is 13.5 Å². The summed E-state index contributed by atoms with van der Waals surface area (Å²) in [5.41, 5.74) is 4.29. The predicted octanol–water partition coefficient (Wildman–Crippen LogP) is 2.93. The van der Waals surface area contributed by atoms with Crippen molar-refractivity contribution in [3.63, 3.8) is 0 Å². The fourth-order valence-electron chi connectivity index (χ4n) is 3.46. The molecule has 0 bridgehead atoms. The molecule has 1 saturated heterocycles. The van der Waals surface area contributed by atoms with E-state index < -0.39 is 0 Å². The van der Waals surface area contributed by atoms with Crippen LogP contribution in [0.25, 0.3) is 16.9 Å². The van der Waals surface area contributed by atoms with Crippen LogP contribution < -0.4 is 9.64 Å². The van der Waals surface area contributed by atoms with Crippen LogP contribution in [0.1, 0.15) is 11.3 Å². The number of ether oxygens (including phenoxy) is 2. The van der Waals surface area contributed by atoms with Gasteiger partial charge in [0.25, 0.3) is 0 Å². The highest BCUT2D eigenvalue weighted by atomic mass is 16.5. The number of hydrogen-bond acceptors (Lipinski definition) is 7. The molecule has 30 heavy (non-hydrogen) atoms. The summed E-state index contributed by atoms with van der Waals surface area (Å²) in [5, 5.41) is 0. The highest BCUT2D eigenvalue weighted by Gasteiger charge is 2.20. The van der Waals surface area contributed by atoms with Gasteiger partial charge in [0.2, 0.25) is 11.8 Å². The molecular formula is C22H22N6O2. The minimum Gasteiger partial charge on any atom is -0.471 e. The van der Waals surface area contributed by atoms with Gasteiger partial charge in [-0.2, -0.15) is 9.97 Å². The zero-order valence-electron chi connectivity index (χ0n) is 16.7. The van der Waals surface area contributed by atoms with Crippen LogP contribution in [-0.4, -0.2) is 50.8 Å². The summed E-state index contributed by atoms with van der Waals surface area (Å²) < 4.78 is 13.5. The van der Waals surface area contributed by atoms with Crippen molar-refractivity contribution in [3.8, 4) is 11.6 Å². The fraction of sp³-hybridized carbons (Fsp3) is 0.273. The molecule has 8 heteroatoms. The SMILES string of the molecule is Cc1cc(-n2cnc3c(OCc4ccccc4)nc(N4CCOCC4)nc32)ccn1. The summed E-state index contributed by atoms with van der Waals surface area (Å²) in [6.07, 6.45) is 3.54. The first-order chi connectivity index (χ1) is 14.8. The number of nitrogens with zero attached hydrogens (tertiary/aromatic N) is 6. The molecule has 0 spiro atoms. The summed E-state index contributed by atoms with van der Waals surface area (Å²) in [6, 6.07) is 14.0. The molecule has 152 valence electrons. The Bertz CT molecular complexity index is 1150. The summed E-state index contributed by atoms with van der Waals surface area (Å²) in [5.74, 6) is 1.11. The molecule has 5 rings (SSSR count). The van der Waals surface area contributed by atoms with Gasteiger partial charge >= 0.3 is 0 Å². The van der Waals surface area contributed by atoms with Crippen molar-refractivity contribution in [2.24, 2.45) is 0 Å². The lowest BCUT2D eigenvalue weighted by molar-refractivity contribution is 0.122. The van der Waals surface area contributed by atoms with E-state index >= 15 is 0 Å². The van der Waals surface area contributed by atoms with Crippen LogP contribution in [0.15, 0.2) is 55.0 Å². The van der Waals surface area contributed by atoms with Crippen molar-refractivity contribution >= 4 is 17.1 Å². The molecule has 0 amide bonds. The van der Waals surface area contributed by atoms with Gasteiger partial charge in [0, 0.05) is 25.0 Å². The number of hydrogen-bond donors (Lipinski definition) is 0. The molecule has 1 aliphatic rings. The number of aryl methyl sites for hydroxylation is 1. The van der Waals surface area contributed by atoms with Crippen molar-refractivity contribution < 1.29 is 9.47 Å². The van der Waals surface area contributed by atoms with E-state index in [-0.39, 0.29) is 0 Å². The van der Waals surface area contributed by atoms with Gasteiger partial charge in [0.1, 0.15) is 12.9 Å². The fourth-order valence-corrected chi connectivity index (χ4v) is 3.46. The first kappa shape index (κ1) is 18.5. The smallest absolute Gasteiger partial charge is 0.247 e. The lowest BCUT2D eigenvalue weighted by Gasteiger charge is -2.27. The van der Waals surface area contributed by atoms with Crippen molar-refractivity contribution in [2.75, 3.05) is 31.2 Å². The lowest BCUT2D eigenvalue weighted by atomic mass is 10.2. The molecule has 3 aromatic heterocycles. The second-order valence-electron chi connectivity index (χ2n) is 7.14. The molecule has 4 aromatic rings. The molecule has 1 aromatic carbocycles. The molecule has 1 aliphatic heterocycles. The van der Waals surface area contributed by atoms with Crippen LogP contribution in [0.5, 0.6) is 5.88 Å². The van der Waals surface area contributed by atoms with Crippen molar-refractivity contribution in [3.05, 3.63) is 66.2 Å². The molecule has 8 nitrogen and oxygen atoms in total. The number of pyridine rings is 1. The van der Waals surface area contributed by atoms with E-state index in [1.807, 2.05) is 54.0 Å². The molecule has 0 unspecified atom stereocenters. The summed E-state index contributed by atoms with van der Waals surface area (Å²) >= 11 is 0. The van der Waals surface area contributed by atoms with E-state index in [4.69, 9.17) is 19.4 Å². The molecule has 4 heterocycles. The predicted molar refractivity (Wildman–Crippen MR) is 113 cm³/mol. The molecule has 0 aliphatic carbocycles. The first-order valence-corrected chi connectivity index (χ1v) is 9.95. The van der Waals surface area contributed by atoms with Gasteiger partial charge < -0.3 is 14.4 Å². The van der Waals surface area contributed by atoms with E-state index in [2.05, 4.69) is 14.9 Å². The topological polar surface area (TPSA) is 78.2 Å². The van der Waals surface area contributed by atoms with Gasteiger partial charge in [-0.3, -0.25) is 9.55 Å². The summed E-state index contributed by atoms with van der Waals surface area (Å²) in [4.78, 5) is 20.5. The van der Waals surface area contributed by atoms with Gasteiger partial charge in [-0.25, -0.2) is 4.98 Å².